The molecule has 0 aliphatic rings. The lowest BCUT2D eigenvalue weighted by molar-refractivity contribution is -0.115. The number of carbonyl (C=O) groups excluding carboxylic acids is 1. The number of aryl methyl sites for hydroxylation is 2. The monoisotopic (exact) mass is 432 g/mol. The van der Waals surface area contributed by atoms with Crippen molar-refractivity contribution in [2.24, 2.45) is 0 Å². The van der Waals surface area contributed by atoms with Crippen molar-refractivity contribution in [3.05, 3.63) is 77.1 Å². The molecule has 4 rings (SSSR count). The molecule has 0 saturated carbocycles. The van der Waals surface area contributed by atoms with Crippen LogP contribution in [0.1, 0.15) is 16.3 Å². The normalized spacial score (nSPS) is 10.5. The largest absolute Gasteiger partial charge is 0.424 e. The highest BCUT2D eigenvalue weighted by Gasteiger charge is 2.11. The van der Waals surface area contributed by atoms with Crippen LogP contribution in [-0.2, 0) is 11.2 Å². The van der Waals surface area contributed by atoms with Crippen LogP contribution >= 0.6 is 11.3 Å². The Morgan fingerprint density at radius 3 is 2.68 bits per heavy atom. The molecule has 0 unspecified atom stereocenters. The predicted octanol–water partition coefficient (Wildman–Crippen LogP) is 4.66. The van der Waals surface area contributed by atoms with Crippen LogP contribution < -0.4 is 15.4 Å². The van der Waals surface area contributed by atoms with E-state index in [0.29, 0.717) is 22.7 Å². The molecule has 1 amide bonds. The van der Waals surface area contributed by atoms with Gasteiger partial charge in [0.15, 0.2) is 5.13 Å². The minimum absolute atomic E-state index is 0.105. The van der Waals surface area contributed by atoms with Crippen molar-refractivity contribution in [1.29, 1.82) is 0 Å². The second-order valence-electron chi connectivity index (χ2n) is 6.76. The van der Waals surface area contributed by atoms with Crippen molar-refractivity contribution in [2.45, 2.75) is 20.3 Å². The fourth-order valence-electron chi connectivity index (χ4n) is 2.77. The van der Waals surface area contributed by atoms with E-state index in [9.17, 15) is 4.79 Å². The average molecular weight is 433 g/mol. The fraction of sp³-hybridized carbons (Fsp3) is 0.136. The molecule has 0 radical (unpaired) electrons. The summed E-state index contributed by atoms with van der Waals surface area (Å²) in [5, 5.41) is 6.50. The standard InChI is InChI=1S/C22H20N6O2S/c1-14-7-6-10-17(11-14)30-21-25-15(2)24-20(27-21)28-22-23-13-18(31-22)12-19(29)26-16-8-4-3-5-9-16/h3-11,13H,12H2,1-2H3,(H,26,29)(H,23,24,25,27,28). The summed E-state index contributed by atoms with van der Waals surface area (Å²) in [6.07, 6.45) is 1.89. The van der Waals surface area contributed by atoms with Gasteiger partial charge >= 0.3 is 6.01 Å². The second-order valence-corrected chi connectivity index (χ2v) is 7.87. The smallest absolute Gasteiger partial charge is 0.327 e. The van der Waals surface area contributed by atoms with Gasteiger partial charge in [-0.2, -0.15) is 15.0 Å². The minimum Gasteiger partial charge on any atom is -0.424 e. The number of rotatable bonds is 7. The highest BCUT2D eigenvalue weighted by molar-refractivity contribution is 7.15. The number of nitrogens with zero attached hydrogens (tertiary/aromatic N) is 4. The molecule has 8 nitrogen and oxygen atoms in total. The summed E-state index contributed by atoms with van der Waals surface area (Å²) < 4.78 is 5.76. The maximum atomic E-state index is 12.2. The molecule has 9 heteroatoms. The number of nitrogens with one attached hydrogen (secondary N) is 2. The van der Waals surface area contributed by atoms with E-state index >= 15 is 0 Å². The molecule has 2 N–H and O–H groups in total. The van der Waals surface area contributed by atoms with Gasteiger partial charge in [-0.15, -0.1) is 11.3 Å². The molecule has 2 heterocycles. The summed E-state index contributed by atoms with van der Waals surface area (Å²) in [7, 11) is 0. The van der Waals surface area contributed by atoms with Crippen LogP contribution in [0.5, 0.6) is 11.8 Å². The first-order valence-electron chi connectivity index (χ1n) is 9.57. The van der Waals surface area contributed by atoms with E-state index in [-0.39, 0.29) is 18.3 Å². The van der Waals surface area contributed by atoms with Gasteiger partial charge in [0, 0.05) is 16.8 Å². The van der Waals surface area contributed by atoms with E-state index in [1.807, 2.05) is 61.5 Å². The Kier molecular flexibility index (Phi) is 6.13. The van der Waals surface area contributed by atoms with Gasteiger partial charge in [0.25, 0.3) is 0 Å². The quantitative estimate of drug-likeness (QED) is 0.438. The molecule has 0 aliphatic heterocycles. The molecule has 0 saturated heterocycles. The Morgan fingerprint density at radius 2 is 1.87 bits per heavy atom. The van der Waals surface area contributed by atoms with Crippen molar-refractivity contribution in [3.8, 4) is 11.8 Å². The van der Waals surface area contributed by atoms with E-state index in [1.54, 1.807) is 13.1 Å². The minimum atomic E-state index is -0.105. The highest BCUT2D eigenvalue weighted by Crippen LogP contribution is 2.24. The van der Waals surface area contributed by atoms with Crippen LogP contribution in [0.4, 0.5) is 16.8 Å². The van der Waals surface area contributed by atoms with Gasteiger partial charge in [0.2, 0.25) is 11.9 Å². The number of hydrogen-bond acceptors (Lipinski definition) is 8. The number of hydrogen-bond donors (Lipinski definition) is 2. The molecule has 2 aromatic heterocycles. The lowest BCUT2D eigenvalue weighted by Crippen LogP contribution is -2.13. The zero-order valence-electron chi connectivity index (χ0n) is 17.0. The zero-order valence-corrected chi connectivity index (χ0v) is 17.8. The fourth-order valence-corrected chi connectivity index (χ4v) is 3.58. The summed E-state index contributed by atoms with van der Waals surface area (Å²) >= 11 is 1.36. The van der Waals surface area contributed by atoms with Gasteiger partial charge in [-0.3, -0.25) is 10.1 Å². The zero-order chi connectivity index (χ0) is 21.6. The molecule has 4 aromatic rings. The first kappa shape index (κ1) is 20.4. The van der Waals surface area contributed by atoms with Crippen molar-refractivity contribution in [2.75, 3.05) is 10.6 Å². The number of ether oxygens (including phenoxy) is 1. The molecule has 2 aromatic carbocycles. The molecular weight excluding hydrogens is 412 g/mol. The third-order valence-electron chi connectivity index (χ3n) is 4.09. The Bertz CT molecular complexity index is 1200. The summed E-state index contributed by atoms with van der Waals surface area (Å²) in [5.41, 5.74) is 1.84. The number of anilines is 3. The Balaban J connectivity index is 1.41. The molecular formula is C22H20N6O2S. The van der Waals surface area contributed by atoms with E-state index in [4.69, 9.17) is 4.74 Å². The number of benzene rings is 2. The van der Waals surface area contributed by atoms with Gasteiger partial charge in [0.05, 0.1) is 6.42 Å². The third kappa shape index (κ3) is 5.83. The summed E-state index contributed by atoms with van der Waals surface area (Å²) in [4.78, 5) is 30.2. The predicted molar refractivity (Wildman–Crippen MR) is 120 cm³/mol. The number of para-hydroxylation sites is 1. The van der Waals surface area contributed by atoms with Crippen LogP contribution in [0.2, 0.25) is 0 Å². The lowest BCUT2D eigenvalue weighted by Gasteiger charge is -2.07. The van der Waals surface area contributed by atoms with E-state index in [1.165, 1.54) is 11.3 Å². The number of thiazole rings is 1. The first-order chi connectivity index (χ1) is 15.0. The van der Waals surface area contributed by atoms with Crippen LogP contribution in [0, 0.1) is 13.8 Å². The molecule has 0 spiro atoms. The van der Waals surface area contributed by atoms with Gasteiger partial charge in [-0.25, -0.2) is 4.98 Å². The summed E-state index contributed by atoms with van der Waals surface area (Å²) in [5.74, 6) is 1.38. The van der Waals surface area contributed by atoms with Crippen LogP contribution in [0.25, 0.3) is 0 Å². The van der Waals surface area contributed by atoms with Gasteiger partial charge < -0.3 is 10.1 Å². The van der Waals surface area contributed by atoms with Crippen LogP contribution in [-0.4, -0.2) is 25.8 Å². The third-order valence-corrected chi connectivity index (χ3v) is 5.00. The average Bonchev–Trinajstić information content (AvgIpc) is 3.14. The Morgan fingerprint density at radius 1 is 1.03 bits per heavy atom. The highest BCUT2D eigenvalue weighted by atomic mass is 32.1. The van der Waals surface area contributed by atoms with Crippen molar-refractivity contribution in [1.82, 2.24) is 19.9 Å². The van der Waals surface area contributed by atoms with Crippen LogP contribution in [0.3, 0.4) is 0 Å². The molecule has 0 atom stereocenters. The van der Waals surface area contributed by atoms with Gasteiger partial charge in [-0.1, -0.05) is 30.3 Å². The molecule has 31 heavy (non-hydrogen) atoms. The van der Waals surface area contributed by atoms with E-state index in [0.717, 1.165) is 16.1 Å². The maximum absolute atomic E-state index is 12.2. The van der Waals surface area contributed by atoms with Crippen LogP contribution in [0.15, 0.2) is 60.8 Å². The lowest BCUT2D eigenvalue weighted by atomic mass is 10.2. The second kappa shape index (κ2) is 9.31. The molecule has 0 aliphatic carbocycles. The number of aromatic nitrogens is 4. The van der Waals surface area contributed by atoms with Crippen molar-refractivity contribution in [3.63, 3.8) is 0 Å². The van der Waals surface area contributed by atoms with E-state index in [2.05, 4.69) is 30.6 Å². The van der Waals surface area contributed by atoms with Gasteiger partial charge in [0.1, 0.15) is 11.6 Å². The Hall–Kier alpha value is -3.85. The SMILES string of the molecule is Cc1cccc(Oc2nc(C)nc(Nc3ncc(CC(=O)Nc4ccccc4)s3)n2)c1. The molecule has 0 fully saturated rings. The van der Waals surface area contributed by atoms with Gasteiger partial charge in [-0.05, 0) is 43.7 Å². The maximum Gasteiger partial charge on any atom is 0.327 e. The first-order valence-corrected chi connectivity index (χ1v) is 10.4. The van der Waals surface area contributed by atoms with Crippen molar-refractivity contribution >= 4 is 34.0 Å². The summed E-state index contributed by atoms with van der Waals surface area (Å²) in [6.45, 7) is 3.75. The Labute approximate surface area is 183 Å². The van der Waals surface area contributed by atoms with E-state index < -0.39 is 0 Å². The number of amides is 1. The number of carbonyl (C=O) groups is 1. The summed E-state index contributed by atoms with van der Waals surface area (Å²) in [6, 6.07) is 17.2. The molecule has 0 bridgehead atoms. The molecule has 156 valence electrons. The van der Waals surface area contributed by atoms with Crippen molar-refractivity contribution < 1.29 is 9.53 Å². The topological polar surface area (TPSA) is 102 Å².